The van der Waals surface area contributed by atoms with E-state index in [9.17, 15) is 13.2 Å². The summed E-state index contributed by atoms with van der Waals surface area (Å²) in [5, 5.41) is 2.83. The van der Waals surface area contributed by atoms with Crippen molar-refractivity contribution in [2.24, 2.45) is 0 Å². The molecule has 2 aliphatic heterocycles. The second-order valence-corrected chi connectivity index (χ2v) is 8.16. The average molecular weight is 324 g/mol. The van der Waals surface area contributed by atoms with Crippen LogP contribution in [0.5, 0.6) is 0 Å². The third kappa shape index (κ3) is 3.27. The molecule has 1 aromatic rings. The van der Waals surface area contributed by atoms with Gasteiger partial charge >= 0.3 is 0 Å². The van der Waals surface area contributed by atoms with Crippen LogP contribution in [-0.4, -0.2) is 65.9 Å². The topological polar surface area (TPSA) is 92.3 Å². The number of sulfone groups is 1. The minimum Gasteiger partial charge on any atom is -0.345 e. The summed E-state index contributed by atoms with van der Waals surface area (Å²) in [5.41, 5.74) is 0.949. The minimum absolute atomic E-state index is 0.000797. The molecular formula is C14H20N4O3S. The van der Waals surface area contributed by atoms with E-state index in [2.05, 4.69) is 20.2 Å². The van der Waals surface area contributed by atoms with E-state index in [0.29, 0.717) is 0 Å². The first-order valence-corrected chi connectivity index (χ1v) is 9.31. The summed E-state index contributed by atoms with van der Waals surface area (Å²) >= 11 is 0. The Morgan fingerprint density at radius 3 is 2.59 bits per heavy atom. The van der Waals surface area contributed by atoms with Gasteiger partial charge in [-0.2, -0.15) is 0 Å². The number of hydrogen-bond donors (Lipinski definition) is 1. The van der Waals surface area contributed by atoms with E-state index in [1.807, 2.05) is 0 Å². The Labute approximate surface area is 130 Å². The van der Waals surface area contributed by atoms with Gasteiger partial charge in [0.1, 0.15) is 5.69 Å². The number of hydrogen-bond acceptors (Lipinski definition) is 6. The van der Waals surface area contributed by atoms with Gasteiger partial charge in [-0.25, -0.2) is 13.4 Å². The molecule has 1 aromatic heterocycles. The van der Waals surface area contributed by atoms with E-state index < -0.39 is 9.84 Å². The highest BCUT2D eigenvalue weighted by atomic mass is 32.2. The number of aromatic nitrogens is 2. The lowest BCUT2D eigenvalue weighted by Crippen LogP contribution is -2.50. The SMILES string of the molecule is Cc1cnc(C(=O)NC2CS(=O)(=O)CC2N2CCCC2)cn1. The van der Waals surface area contributed by atoms with E-state index in [-0.39, 0.29) is 35.2 Å². The van der Waals surface area contributed by atoms with Gasteiger partial charge in [-0.15, -0.1) is 0 Å². The third-order valence-corrected chi connectivity index (χ3v) is 5.98. The molecule has 2 fully saturated rings. The molecule has 3 heterocycles. The lowest BCUT2D eigenvalue weighted by Gasteiger charge is -2.28. The van der Waals surface area contributed by atoms with Crippen LogP contribution in [0.15, 0.2) is 12.4 Å². The fourth-order valence-corrected chi connectivity index (χ4v) is 5.10. The molecule has 0 saturated carbocycles. The van der Waals surface area contributed by atoms with Crippen molar-refractivity contribution < 1.29 is 13.2 Å². The number of carbonyl (C=O) groups excluding carboxylic acids is 1. The van der Waals surface area contributed by atoms with E-state index in [4.69, 9.17) is 0 Å². The van der Waals surface area contributed by atoms with Crippen LogP contribution in [0.3, 0.4) is 0 Å². The molecule has 22 heavy (non-hydrogen) atoms. The van der Waals surface area contributed by atoms with Crippen LogP contribution in [0.2, 0.25) is 0 Å². The largest absolute Gasteiger partial charge is 0.345 e. The number of carbonyl (C=O) groups is 1. The molecule has 2 atom stereocenters. The number of aryl methyl sites for hydroxylation is 1. The molecular weight excluding hydrogens is 304 g/mol. The van der Waals surface area contributed by atoms with Crippen LogP contribution in [0.1, 0.15) is 29.0 Å². The molecule has 0 radical (unpaired) electrons. The number of nitrogens with one attached hydrogen (secondary N) is 1. The maximum atomic E-state index is 12.3. The van der Waals surface area contributed by atoms with Crippen molar-refractivity contribution >= 4 is 15.7 Å². The zero-order chi connectivity index (χ0) is 15.7. The molecule has 2 saturated heterocycles. The van der Waals surface area contributed by atoms with Gasteiger partial charge in [0.15, 0.2) is 9.84 Å². The van der Waals surface area contributed by atoms with Crippen molar-refractivity contribution in [3.63, 3.8) is 0 Å². The van der Waals surface area contributed by atoms with Crippen molar-refractivity contribution in [3.05, 3.63) is 23.8 Å². The van der Waals surface area contributed by atoms with Gasteiger partial charge in [0.25, 0.3) is 5.91 Å². The Morgan fingerprint density at radius 2 is 1.95 bits per heavy atom. The Kier molecular flexibility index (Phi) is 4.14. The fourth-order valence-electron chi connectivity index (χ4n) is 3.15. The molecule has 7 nitrogen and oxygen atoms in total. The van der Waals surface area contributed by atoms with Crippen molar-refractivity contribution in [1.82, 2.24) is 20.2 Å². The Morgan fingerprint density at radius 1 is 1.23 bits per heavy atom. The Hall–Kier alpha value is -1.54. The summed E-state index contributed by atoms with van der Waals surface area (Å²) in [4.78, 5) is 22.5. The summed E-state index contributed by atoms with van der Waals surface area (Å²) in [7, 11) is -3.11. The van der Waals surface area contributed by atoms with Gasteiger partial charge in [0.2, 0.25) is 0 Å². The molecule has 1 amide bonds. The third-order valence-electron chi connectivity index (χ3n) is 4.26. The van der Waals surface area contributed by atoms with Crippen molar-refractivity contribution in [2.45, 2.75) is 31.8 Å². The highest BCUT2D eigenvalue weighted by Crippen LogP contribution is 2.22. The maximum absolute atomic E-state index is 12.3. The first-order valence-electron chi connectivity index (χ1n) is 7.48. The second-order valence-electron chi connectivity index (χ2n) is 6.01. The lowest BCUT2D eigenvalue weighted by atomic mass is 10.1. The van der Waals surface area contributed by atoms with Crippen LogP contribution in [0, 0.1) is 6.92 Å². The summed E-state index contributed by atoms with van der Waals surface area (Å²) in [6, 6.07) is -0.506. The van der Waals surface area contributed by atoms with Crippen LogP contribution in [0.4, 0.5) is 0 Å². The highest BCUT2D eigenvalue weighted by molar-refractivity contribution is 7.91. The standard InChI is InChI=1S/C14H20N4O3S/c1-10-6-16-11(7-15-10)14(19)17-12-8-22(20,21)9-13(12)18-4-2-3-5-18/h6-7,12-13H,2-5,8-9H2,1H3,(H,17,19). The first-order chi connectivity index (χ1) is 10.4. The molecule has 8 heteroatoms. The van der Waals surface area contributed by atoms with E-state index in [1.165, 1.54) is 12.4 Å². The maximum Gasteiger partial charge on any atom is 0.271 e. The summed E-state index contributed by atoms with van der Waals surface area (Å²) < 4.78 is 23.9. The molecule has 0 bridgehead atoms. The average Bonchev–Trinajstić information content (AvgIpc) is 3.07. The van der Waals surface area contributed by atoms with Crippen LogP contribution in [-0.2, 0) is 9.84 Å². The van der Waals surface area contributed by atoms with Gasteiger partial charge < -0.3 is 5.32 Å². The van der Waals surface area contributed by atoms with Crippen molar-refractivity contribution in [3.8, 4) is 0 Å². The predicted molar refractivity (Wildman–Crippen MR) is 81.3 cm³/mol. The predicted octanol–water partition coefficient (Wildman–Crippen LogP) is -0.224. The molecule has 2 unspecified atom stereocenters. The van der Waals surface area contributed by atoms with E-state index in [1.54, 1.807) is 6.92 Å². The van der Waals surface area contributed by atoms with Crippen molar-refractivity contribution in [2.75, 3.05) is 24.6 Å². The summed E-state index contributed by atoms with van der Waals surface area (Å²) in [6.45, 7) is 3.59. The molecule has 3 rings (SSSR count). The van der Waals surface area contributed by atoms with Gasteiger partial charge in [-0.05, 0) is 32.9 Å². The first kappa shape index (κ1) is 15.4. The van der Waals surface area contributed by atoms with Gasteiger partial charge in [-0.3, -0.25) is 14.7 Å². The van der Waals surface area contributed by atoms with Crippen LogP contribution in [0.25, 0.3) is 0 Å². The van der Waals surface area contributed by atoms with Crippen LogP contribution < -0.4 is 5.32 Å². The van der Waals surface area contributed by atoms with Gasteiger partial charge in [-0.1, -0.05) is 0 Å². The van der Waals surface area contributed by atoms with Gasteiger partial charge in [0, 0.05) is 12.2 Å². The van der Waals surface area contributed by atoms with E-state index in [0.717, 1.165) is 31.6 Å². The number of rotatable bonds is 3. The van der Waals surface area contributed by atoms with E-state index >= 15 is 0 Å². The minimum atomic E-state index is -3.11. The Bertz CT molecular complexity index is 653. The molecule has 120 valence electrons. The lowest BCUT2D eigenvalue weighted by molar-refractivity contribution is 0.0913. The molecule has 0 aliphatic carbocycles. The summed E-state index contributed by atoms with van der Waals surface area (Å²) in [6.07, 6.45) is 5.11. The Balaban J connectivity index is 1.74. The molecule has 1 N–H and O–H groups in total. The highest BCUT2D eigenvalue weighted by Gasteiger charge is 2.42. The van der Waals surface area contributed by atoms with Crippen LogP contribution >= 0.6 is 0 Å². The normalized spacial score (nSPS) is 27.9. The van der Waals surface area contributed by atoms with Gasteiger partial charge in [0.05, 0.1) is 29.4 Å². The second kappa shape index (κ2) is 5.92. The number of nitrogens with zero attached hydrogens (tertiary/aromatic N) is 3. The zero-order valence-corrected chi connectivity index (χ0v) is 13.3. The summed E-state index contributed by atoms with van der Waals surface area (Å²) in [5.74, 6) is -0.240. The zero-order valence-electron chi connectivity index (χ0n) is 12.5. The van der Waals surface area contributed by atoms with Crippen molar-refractivity contribution in [1.29, 1.82) is 0 Å². The fraction of sp³-hybridized carbons (Fsp3) is 0.643. The molecule has 2 aliphatic rings. The molecule has 0 aromatic carbocycles. The quantitative estimate of drug-likeness (QED) is 0.826. The smallest absolute Gasteiger partial charge is 0.271 e. The molecule has 0 spiro atoms. The number of amides is 1. The number of likely N-dealkylation sites (tertiary alicyclic amines) is 1. The monoisotopic (exact) mass is 324 g/mol.